The highest BCUT2D eigenvalue weighted by Crippen LogP contribution is 2.31. The van der Waals surface area contributed by atoms with Crippen molar-refractivity contribution in [1.29, 1.82) is 0 Å². The zero-order valence-corrected chi connectivity index (χ0v) is 13.6. The third-order valence-corrected chi connectivity index (χ3v) is 3.74. The van der Waals surface area contributed by atoms with Crippen molar-refractivity contribution in [2.75, 3.05) is 27.2 Å². The molecule has 0 bridgehead atoms. The Morgan fingerprint density at radius 3 is 2.30 bits per heavy atom. The van der Waals surface area contributed by atoms with Gasteiger partial charge in [0.25, 0.3) is 0 Å². The van der Waals surface area contributed by atoms with E-state index in [-0.39, 0.29) is 0 Å². The largest absolute Gasteiger partial charge is 0.492 e. The molecule has 118 valence electrons. The summed E-state index contributed by atoms with van der Waals surface area (Å²) in [6, 6.07) is 22.7. The predicted octanol–water partition coefficient (Wildman–Crippen LogP) is 4.29. The van der Waals surface area contributed by atoms with Crippen LogP contribution in [0.3, 0.4) is 0 Å². The van der Waals surface area contributed by atoms with Gasteiger partial charge >= 0.3 is 0 Å². The van der Waals surface area contributed by atoms with Crippen LogP contribution in [0.25, 0.3) is 22.5 Å². The highest BCUT2D eigenvalue weighted by Gasteiger charge is 2.09. The number of nitrogens with zero attached hydrogens (tertiary/aromatic N) is 1. The zero-order chi connectivity index (χ0) is 16.1. The average molecular weight is 306 g/mol. The van der Waals surface area contributed by atoms with Gasteiger partial charge in [-0.2, -0.15) is 0 Å². The first-order valence-electron chi connectivity index (χ1n) is 7.85. The van der Waals surface area contributed by atoms with E-state index >= 15 is 0 Å². The molecule has 3 aromatic rings. The van der Waals surface area contributed by atoms with Crippen molar-refractivity contribution in [2.24, 2.45) is 0 Å². The minimum absolute atomic E-state index is 0.677. The molecule has 0 amide bonds. The fourth-order valence-corrected chi connectivity index (χ4v) is 2.49. The third kappa shape index (κ3) is 3.82. The van der Waals surface area contributed by atoms with Crippen LogP contribution in [0, 0.1) is 0 Å². The van der Waals surface area contributed by atoms with Crippen molar-refractivity contribution in [3.8, 4) is 28.3 Å². The number of para-hydroxylation sites is 1. The number of aromatic amines is 1. The van der Waals surface area contributed by atoms with Crippen LogP contribution in [0.5, 0.6) is 5.75 Å². The van der Waals surface area contributed by atoms with Crippen molar-refractivity contribution in [1.82, 2.24) is 9.88 Å². The van der Waals surface area contributed by atoms with Gasteiger partial charge in [-0.1, -0.05) is 42.5 Å². The fraction of sp³-hybridized carbons (Fsp3) is 0.200. The van der Waals surface area contributed by atoms with E-state index in [4.69, 9.17) is 4.74 Å². The summed E-state index contributed by atoms with van der Waals surface area (Å²) in [4.78, 5) is 5.61. The van der Waals surface area contributed by atoms with Crippen LogP contribution in [0.2, 0.25) is 0 Å². The molecule has 2 aromatic carbocycles. The molecule has 1 N–H and O–H groups in total. The minimum atomic E-state index is 0.677. The topological polar surface area (TPSA) is 28.3 Å². The van der Waals surface area contributed by atoms with Crippen LogP contribution < -0.4 is 4.74 Å². The summed E-state index contributed by atoms with van der Waals surface area (Å²) in [5.74, 6) is 0.913. The molecule has 0 aliphatic rings. The maximum absolute atomic E-state index is 5.96. The zero-order valence-electron chi connectivity index (χ0n) is 13.6. The predicted molar refractivity (Wildman–Crippen MR) is 95.7 cm³/mol. The first kappa shape index (κ1) is 15.4. The quantitative estimate of drug-likeness (QED) is 0.736. The molecule has 0 fully saturated rings. The third-order valence-electron chi connectivity index (χ3n) is 3.74. The van der Waals surface area contributed by atoms with Gasteiger partial charge in [-0.25, -0.2) is 0 Å². The minimum Gasteiger partial charge on any atom is -0.492 e. The Hall–Kier alpha value is -2.52. The molecule has 3 nitrogen and oxygen atoms in total. The number of nitrogens with one attached hydrogen (secondary N) is 1. The van der Waals surface area contributed by atoms with Crippen LogP contribution >= 0.6 is 0 Å². The number of benzene rings is 2. The second kappa shape index (κ2) is 7.16. The van der Waals surface area contributed by atoms with Crippen molar-refractivity contribution in [3.63, 3.8) is 0 Å². The number of H-pyrrole nitrogens is 1. The van der Waals surface area contributed by atoms with E-state index in [1.165, 1.54) is 5.56 Å². The van der Waals surface area contributed by atoms with Crippen LogP contribution in [0.1, 0.15) is 0 Å². The van der Waals surface area contributed by atoms with Gasteiger partial charge in [0.05, 0.1) is 0 Å². The van der Waals surface area contributed by atoms with Crippen LogP contribution in [0.4, 0.5) is 0 Å². The highest BCUT2D eigenvalue weighted by atomic mass is 16.5. The van der Waals surface area contributed by atoms with Crippen molar-refractivity contribution >= 4 is 0 Å². The van der Waals surface area contributed by atoms with Gasteiger partial charge in [0.1, 0.15) is 12.4 Å². The molecule has 0 saturated heterocycles. The summed E-state index contributed by atoms with van der Waals surface area (Å²) < 4.78 is 5.96. The second-order valence-corrected chi connectivity index (χ2v) is 5.80. The van der Waals surface area contributed by atoms with E-state index in [2.05, 4.69) is 40.2 Å². The summed E-state index contributed by atoms with van der Waals surface area (Å²) in [5.41, 5.74) is 4.46. The van der Waals surface area contributed by atoms with Gasteiger partial charge in [-0.3, -0.25) is 0 Å². The Morgan fingerprint density at radius 1 is 0.826 bits per heavy atom. The number of hydrogen-bond acceptors (Lipinski definition) is 2. The summed E-state index contributed by atoms with van der Waals surface area (Å²) >= 11 is 0. The Bertz CT molecular complexity index is 747. The SMILES string of the molecule is CN(C)CCOc1ccccc1-c1ccc(-c2ccccc2)[nH]1. The van der Waals surface area contributed by atoms with E-state index < -0.39 is 0 Å². The summed E-state index contributed by atoms with van der Waals surface area (Å²) in [6.45, 7) is 1.57. The van der Waals surface area contributed by atoms with E-state index in [1.54, 1.807) is 0 Å². The number of likely N-dealkylation sites (N-methyl/N-ethyl adjacent to an activating group) is 1. The maximum Gasteiger partial charge on any atom is 0.128 e. The van der Waals surface area contributed by atoms with Crippen LogP contribution in [-0.2, 0) is 0 Å². The summed E-state index contributed by atoms with van der Waals surface area (Å²) in [5, 5.41) is 0. The molecule has 1 heterocycles. The van der Waals surface area contributed by atoms with Gasteiger partial charge in [0.2, 0.25) is 0 Å². The molecular formula is C20H22N2O. The molecule has 0 spiro atoms. The Morgan fingerprint density at radius 2 is 1.52 bits per heavy atom. The van der Waals surface area contributed by atoms with E-state index in [0.717, 1.165) is 29.2 Å². The monoisotopic (exact) mass is 306 g/mol. The number of aromatic nitrogens is 1. The molecule has 3 rings (SSSR count). The average Bonchev–Trinajstić information content (AvgIpc) is 3.06. The molecule has 0 saturated carbocycles. The lowest BCUT2D eigenvalue weighted by Crippen LogP contribution is -2.19. The van der Waals surface area contributed by atoms with Gasteiger partial charge in [0, 0.05) is 23.5 Å². The second-order valence-electron chi connectivity index (χ2n) is 5.80. The Labute approximate surface area is 137 Å². The first-order chi connectivity index (χ1) is 11.2. The molecule has 0 unspecified atom stereocenters. The van der Waals surface area contributed by atoms with Gasteiger partial charge < -0.3 is 14.6 Å². The lowest BCUT2D eigenvalue weighted by Gasteiger charge is -2.13. The number of hydrogen-bond donors (Lipinski definition) is 1. The molecule has 0 aliphatic heterocycles. The molecule has 0 atom stereocenters. The standard InChI is InChI=1S/C20H22N2O/c1-22(2)14-15-23-20-11-7-6-10-17(20)19-13-12-18(21-19)16-8-4-3-5-9-16/h3-13,21H,14-15H2,1-2H3. The fourth-order valence-electron chi connectivity index (χ4n) is 2.49. The Balaban J connectivity index is 1.83. The molecule has 0 radical (unpaired) electrons. The first-order valence-corrected chi connectivity index (χ1v) is 7.85. The van der Waals surface area contributed by atoms with Gasteiger partial charge in [0.15, 0.2) is 0 Å². The van der Waals surface area contributed by atoms with E-state index in [1.807, 2.05) is 50.5 Å². The van der Waals surface area contributed by atoms with Crippen molar-refractivity contribution in [3.05, 3.63) is 66.7 Å². The molecular weight excluding hydrogens is 284 g/mol. The van der Waals surface area contributed by atoms with Crippen LogP contribution in [0.15, 0.2) is 66.7 Å². The normalized spacial score (nSPS) is 10.9. The maximum atomic E-state index is 5.96. The van der Waals surface area contributed by atoms with Crippen molar-refractivity contribution < 1.29 is 4.74 Å². The van der Waals surface area contributed by atoms with Crippen molar-refractivity contribution in [2.45, 2.75) is 0 Å². The van der Waals surface area contributed by atoms with E-state index in [0.29, 0.717) is 6.61 Å². The lowest BCUT2D eigenvalue weighted by molar-refractivity contribution is 0.262. The number of ether oxygens (including phenoxy) is 1. The molecule has 0 aliphatic carbocycles. The lowest BCUT2D eigenvalue weighted by atomic mass is 10.1. The number of rotatable bonds is 6. The van der Waals surface area contributed by atoms with Gasteiger partial charge in [-0.05, 0) is 43.9 Å². The molecule has 3 heteroatoms. The van der Waals surface area contributed by atoms with Gasteiger partial charge in [-0.15, -0.1) is 0 Å². The highest BCUT2D eigenvalue weighted by molar-refractivity contribution is 5.72. The summed E-state index contributed by atoms with van der Waals surface area (Å²) in [7, 11) is 4.10. The Kier molecular flexibility index (Phi) is 4.79. The van der Waals surface area contributed by atoms with Crippen LogP contribution in [-0.4, -0.2) is 37.1 Å². The smallest absolute Gasteiger partial charge is 0.128 e. The summed E-state index contributed by atoms with van der Waals surface area (Å²) in [6.07, 6.45) is 0. The molecule has 1 aromatic heterocycles. The molecule has 23 heavy (non-hydrogen) atoms. The van der Waals surface area contributed by atoms with E-state index in [9.17, 15) is 0 Å².